The summed E-state index contributed by atoms with van der Waals surface area (Å²) in [6, 6.07) is 6.43. The highest BCUT2D eigenvalue weighted by molar-refractivity contribution is 7.07. The molecule has 0 saturated heterocycles. The first-order chi connectivity index (χ1) is 8.70. The molecule has 0 fully saturated rings. The van der Waals surface area contributed by atoms with Crippen molar-refractivity contribution >= 4 is 17.2 Å². The van der Waals surface area contributed by atoms with E-state index in [-0.39, 0.29) is 6.04 Å². The Morgan fingerprint density at radius 2 is 2.33 bits per heavy atom. The highest BCUT2D eigenvalue weighted by Gasteiger charge is 2.10. The van der Waals surface area contributed by atoms with Crippen LogP contribution in [0.15, 0.2) is 29.1 Å². The Labute approximate surface area is 111 Å². The van der Waals surface area contributed by atoms with Gasteiger partial charge in [0.05, 0.1) is 5.56 Å². The Balaban J connectivity index is 2.10. The first-order valence-corrected chi connectivity index (χ1v) is 6.78. The topological polar surface area (TPSA) is 48.7 Å². The molecule has 18 heavy (non-hydrogen) atoms. The Morgan fingerprint density at radius 3 is 3.00 bits per heavy atom. The van der Waals surface area contributed by atoms with Gasteiger partial charge in [-0.15, -0.1) is 0 Å². The average Bonchev–Trinajstić information content (AvgIpc) is 2.82. The van der Waals surface area contributed by atoms with Gasteiger partial charge in [0.15, 0.2) is 0 Å². The van der Waals surface area contributed by atoms with E-state index in [9.17, 15) is 0 Å². The summed E-state index contributed by atoms with van der Waals surface area (Å²) in [5.41, 5.74) is 2.90. The lowest BCUT2D eigenvalue weighted by molar-refractivity contribution is 0.786. The van der Waals surface area contributed by atoms with Crippen LogP contribution in [0.1, 0.15) is 23.6 Å². The molecule has 2 heterocycles. The van der Waals surface area contributed by atoms with Crippen LogP contribution in [0.5, 0.6) is 0 Å². The van der Waals surface area contributed by atoms with Crippen molar-refractivity contribution in [1.29, 1.82) is 5.26 Å². The molecule has 3 nitrogen and oxygen atoms in total. The van der Waals surface area contributed by atoms with E-state index in [0.29, 0.717) is 11.4 Å². The number of hydrogen-bond acceptors (Lipinski definition) is 4. The van der Waals surface area contributed by atoms with Gasteiger partial charge in [-0.3, -0.25) is 0 Å². The number of thiophene rings is 1. The molecule has 4 heteroatoms. The van der Waals surface area contributed by atoms with Gasteiger partial charge in [0.1, 0.15) is 11.9 Å². The van der Waals surface area contributed by atoms with Gasteiger partial charge < -0.3 is 5.32 Å². The fourth-order valence-corrected chi connectivity index (χ4v) is 2.54. The Bertz CT molecular complexity index is 555. The van der Waals surface area contributed by atoms with Crippen LogP contribution in [-0.2, 0) is 6.42 Å². The number of nitrogens with zero attached hydrogens (tertiary/aromatic N) is 2. The second-order valence-electron chi connectivity index (χ2n) is 4.34. The van der Waals surface area contributed by atoms with Crippen LogP contribution in [0, 0.1) is 18.3 Å². The summed E-state index contributed by atoms with van der Waals surface area (Å²) < 4.78 is 0. The predicted octanol–water partition coefficient (Wildman–Crippen LogP) is 3.37. The van der Waals surface area contributed by atoms with E-state index < -0.39 is 0 Å². The largest absolute Gasteiger partial charge is 0.366 e. The van der Waals surface area contributed by atoms with Crippen molar-refractivity contribution in [3.63, 3.8) is 0 Å². The van der Waals surface area contributed by atoms with Crippen LogP contribution in [-0.4, -0.2) is 11.0 Å². The van der Waals surface area contributed by atoms with Crippen LogP contribution in [0.4, 0.5) is 5.82 Å². The summed E-state index contributed by atoms with van der Waals surface area (Å²) in [4.78, 5) is 4.25. The molecule has 0 amide bonds. The molecule has 0 saturated carbocycles. The molecule has 0 bridgehead atoms. The molecule has 0 spiro atoms. The number of pyridine rings is 1. The third kappa shape index (κ3) is 2.88. The van der Waals surface area contributed by atoms with Crippen molar-refractivity contribution in [2.24, 2.45) is 0 Å². The Hall–Kier alpha value is -1.86. The van der Waals surface area contributed by atoms with Crippen LogP contribution in [0.25, 0.3) is 0 Å². The number of nitrogens with one attached hydrogen (secondary N) is 1. The average molecular weight is 257 g/mol. The van der Waals surface area contributed by atoms with E-state index in [0.717, 1.165) is 12.0 Å². The lowest BCUT2D eigenvalue weighted by Gasteiger charge is -2.15. The first-order valence-electron chi connectivity index (χ1n) is 5.84. The molecule has 1 N–H and O–H groups in total. The van der Waals surface area contributed by atoms with Crippen molar-refractivity contribution in [2.75, 3.05) is 5.32 Å². The monoisotopic (exact) mass is 257 g/mol. The van der Waals surface area contributed by atoms with Gasteiger partial charge in [-0.2, -0.15) is 16.6 Å². The van der Waals surface area contributed by atoms with Gasteiger partial charge in [0.2, 0.25) is 0 Å². The lowest BCUT2D eigenvalue weighted by Crippen LogP contribution is -2.19. The predicted molar refractivity (Wildman–Crippen MR) is 74.8 cm³/mol. The zero-order chi connectivity index (χ0) is 13.0. The quantitative estimate of drug-likeness (QED) is 0.913. The summed E-state index contributed by atoms with van der Waals surface area (Å²) in [6.07, 6.45) is 2.67. The minimum absolute atomic E-state index is 0.251. The Kier molecular flexibility index (Phi) is 3.96. The summed E-state index contributed by atoms with van der Waals surface area (Å²) >= 11 is 1.70. The van der Waals surface area contributed by atoms with Crippen molar-refractivity contribution in [3.05, 3.63) is 45.8 Å². The van der Waals surface area contributed by atoms with Crippen LogP contribution in [0.3, 0.4) is 0 Å². The molecule has 0 aliphatic heterocycles. The normalized spacial score (nSPS) is 11.8. The molecule has 0 radical (unpaired) electrons. The molecule has 1 atom stereocenters. The van der Waals surface area contributed by atoms with Crippen molar-refractivity contribution in [2.45, 2.75) is 26.3 Å². The zero-order valence-electron chi connectivity index (χ0n) is 10.5. The molecular formula is C14H15N3S. The maximum atomic E-state index is 9.14. The fourth-order valence-electron chi connectivity index (χ4n) is 1.86. The summed E-state index contributed by atoms with van der Waals surface area (Å²) in [5, 5.41) is 16.7. The maximum Gasteiger partial charge on any atom is 0.144 e. The molecule has 2 rings (SSSR count). The minimum atomic E-state index is 0.251. The molecule has 2 aromatic heterocycles. The summed E-state index contributed by atoms with van der Waals surface area (Å²) in [7, 11) is 0. The van der Waals surface area contributed by atoms with Gasteiger partial charge >= 0.3 is 0 Å². The standard InChI is InChI=1S/C14H15N3S/c1-10-3-5-16-14(13(10)8-15)17-11(2)7-12-4-6-18-9-12/h3-6,9,11H,7H2,1-2H3,(H,16,17). The van der Waals surface area contributed by atoms with Gasteiger partial charge in [-0.25, -0.2) is 4.98 Å². The molecule has 0 aromatic carbocycles. The van der Waals surface area contributed by atoms with Gasteiger partial charge in [0.25, 0.3) is 0 Å². The zero-order valence-corrected chi connectivity index (χ0v) is 11.3. The third-order valence-electron chi connectivity index (χ3n) is 2.78. The van der Waals surface area contributed by atoms with Gasteiger partial charge in [-0.1, -0.05) is 0 Å². The number of aryl methyl sites for hydroxylation is 1. The molecule has 0 aliphatic rings. The second kappa shape index (κ2) is 5.65. The molecule has 1 unspecified atom stereocenters. The van der Waals surface area contributed by atoms with E-state index in [1.165, 1.54) is 5.56 Å². The van der Waals surface area contributed by atoms with E-state index in [1.807, 2.05) is 13.0 Å². The third-order valence-corrected chi connectivity index (χ3v) is 3.51. The number of nitriles is 1. The van der Waals surface area contributed by atoms with Gasteiger partial charge in [0, 0.05) is 12.2 Å². The van der Waals surface area contributed by atoms with Crippen LogP contribution < -0.4 is 5.32 Å². The summed E-state index contributed by atoms with van der Waals surface area (Å²) in [5.74, 6) is 0.681. The minimum Gasteiger partial charge on any atom is -0.366 e. The smallest absolute Gasteiger partial charge is 0.144 e. The highest BCUT2D eigenvalue weighted by atomic mass is 32.1. The molecule has 2 aromatic rings. The Morgan fingerprint density at radius 1 is 1.50 bits per heavy atom. The maximum absolute atomic E-state index is 9.14. The second-order valence-corrected chi connectivity index (χ2v) is 5.12. The van der Waals surface area contributed by atoms with E-state index in [2.05, 4.69) is 40.1 Å². The van der Waals surface area contributed by atoms with Crippen molar-refractivity contribution in [3.8, 4) is 6.07 Å². The van der Waals surface area contributed by atoms with Crippen molar-refractivity contribution in [1.82, 2.24) is 4.98 Å². The highest BCUT2D eigenvalue weighted by Crippen LogP contribution is 2.17. The number of anilines is 1. The molecule has 92 valence electrons. The van der Waals surface area contributed by atoms with Crippen LogP contribution >= 0.6 is 11.3 Å². The van der Waals surface area contributed by atoms with Gasteiger partial charge in [-0.05, 0) is 54.3 Å². The number of hydrogen-bond donors (Lipinski definition) is 1. The fraction of sp³-hybridized carbons (Fsp3) is 0.286. The first kappa shape index (κ1) is 12.6. The van der Waals surface area contributed by atoms with Crippen LogP contribution in [0.2, 0.25) is 0 Å². The molecular weight excluding hydrogens is 242 g/mol. The van der Waals surface area contributed by atoms with E-state index >= 15 is 0 Å². The van der Waals surface area contributed by atoms with E-state index in [1.54, 1.807) is 17.5 Å². The van der Waals surface area contributed by atoms with E-state index in [4.69, 9.17) is 5.26 Å². The summed E-state index contributed by atoms with van der Waals surface area (Å²) in [6.45, 7) is 4.03. The lowest BCUT2D eigenvalue weighted by atomic mass is 10.1. The molecule has 0 aliphatic carbocycles. The number of aromatic nitrogens is 1. The van der Waals surface area contributed by atoms with Crippen molar-refractivity contribution < 1.29 is 0 Å². The SMILES string of the molecule is Cc1ccnc(NC(C)Cc2ccsc2)c1C#N. The number of rotatable bonds is 4.